The number of rotatable bonds is 5. The van der Waals surface area contributed by atoms with E-state index in [1.165, 1.54) is 12.3 Å². The fraction of sp³-hybridized carbons (Fsp3) is 0.600. The predicted octanol–water partition coefficient (Wildman–Crippen LogP) is 3.03. The van der Waals surface area contributed by atoms with Gasteiger partial charge in [-0.15, -0.1) is 0 Å². The van der Waals surface area contributed by atoms with Gasteiger partial charge in [0.25, 0.3) is 0 Å². The summed E-state index contributed by atoms with van der Waals surface area (Å²) in [5.41, 5.74) is 0.153. The summed E-state index contributed by atoms with van der Waals surface area (Å²) in [6, 6.07) is 1.16. The molecule has 0 aromatic carbocycles. The zero-order chi connectivity index (χ0) is 15.1. The van der Waals surface area contributed by atoms with E-state index in [1.807, 2.05) is 6.92 Å². The van der Waals surface area contributed by atoms with Crippen molar-refractivity contribution in [1.82, 2.24) is 9.88 Å². The van der Waals surface area contributed by atoms with Gasteiger partial charge in [0.1, 0.15) is 0 Å². The van der Waals surface area contributed by atoms with Crippen molar-refractivity contribution in [3.05, 3.63) is 24.3 Å². The van der Waals surface area contributed by atoms with Crippen LogP contribution >= 0.6 is 0 Å². The van der Waals surface area contributed by atoms with Crippen molar-refractivity contribution in [3.63, 3.8) is 0 Å². The Labute approximate surface area is 124 Å². The minimum absolute atomic E-state index is 0.0818. The molecular formula is C15H22FN3O2. The Kier molecular flexibility index (Phi) is 5.92. The quantitative estimate of drug-likeness (QED) is 0.908. The molecule has 0 radical (unpaired) electrons. The number of amides is 2. The summed E-state index contributed by atoms with van der Waals surface area (Å²) in [5, 5.41) is 2.60. The molecule has 0 aliphatic carbocycles. The molecule has 2 rings (SSSR count). The van der Waals surface area contributed by atoms with Crippen LogP contribution in [0.2, 0.25) is 0 Å². The van der Waals surface area contributed by atoms with Gasteiger partial charge in [-0.3, -0.25) is 4.98 Å². The van der Waals surface area contributed by atoms with E-state index < -0.39 is 5.82 Å². The molecule has 1 N–H and O–H groups in total. The zero-order valence-corrected chi connectivity index (χ0v) is 12.3. The van der Waals surface area contributed by atoms with Gasteiger partial charge < -0.3 is 15.0 Å². The summed E-state index contributed by atoms with van der Waals surface area (Å²) in [5.74, 6) is -0.531. The second kappa shape index (κ2) is 7.93. The Morgan fingerprint density at radius 3 is 3.10 bits per heavy atom. The number of urea groups is 1. The lowest BCUT2D eigenvalue weighted by atomic mass is 10.1. The molecule has 2 amide bonds. The van der Waals surface area contributed by atoms with E-state index >= 15 is 0 Å². The van der Waals surface area contributed by atoms with E-state index in [4.69, 9.17) is 4.74 Å². The van der Waals surface area contributed by atoms with Gasteiger partial charge in [-0.05, 0) is 31.7 Å². The van der Waals surface area contributed by atoms with Gasteiger partial charge in [0.15, 0.2) is 5.82 Å². The third-order valence-corrected chi connectivity index (χ3v) is 3.49. The van der Waals surface area contributed by atoms with E-state index in [0.717, 1.165) is 38.5 Å². The standard InChI is InChI=1S/C15H22FN3O2/c1-2-8-19(11-12-5-3-4-9-21-12)15(20)18-14-6-7-17-10-13(14)16/h6-7,10,12H,2-5,8-9,11H2,1H3,(H,17,18,20)/t12-/m1/s1. The molecule has 1 aromatic rings. The van der Waals surface area contributed by atoms with Crippen LogP contribution in [-0.2, 0) is 4.74 Å². The molecule has 6 heteroatoms. The lowest BCUT2D eigenvalue weighted by Crippen LogP contribution is -2.42. The van der Waals surface area contributed by atoms with Crippen molar-refractivity contribution in [2.24, 2.45) is 0 Å². The van der Waals surface area contributed by atoms with Crippen molar-refractivity contribution >= 4 is 11.7 Å². The molecule has 1 aromatic heterocycles. The predicted molar refractivity (Wildman–Crippen MR) is 78.7 cm³/mol. The Morgan fingerprint density at radius 2 is 2.43 bits per heavy atom. The highest BCUT2D eigenvalue weighted by Crippen LogP contribution is 2.16. The Balaban J connectivity index is 1.96. The number of hydrogen-bond acceptors (Lipinski definition) is 3. The highest BCUT2D eigenvalue weighted by molar-refractivity contribution is 5.89. The molecule has 5 nitrogen and oxygen atoms in total. The van der Waals surface area contributed by atoms with Gasteiger partial charge in [-0.25, -0.2) is 9.18 Å². The monoisotopic (exact) mass is 295 g/mol. The van der Waals surface area contributed by atoms with Crippen LogP contribution in [0.1, 0.15) is 32.6 Å². The SMILES string of the molecule is CCCN(C[C@H]1CCCCO1)C(=O)Nc1ccncc1F. The van der Waals surface area contributed by atoms with Crippen LogP contribution in [-0.4, -0.2) is 41.7 Å². The first-order chi connectivity index (χ1) is 10.2. The fourth-order valence-corrected chi connectivity index (χ4v) is 2.41. The van der Waals surface area contributed by atoms with Crippen LogP contribution in [0.4, 0.5) is 14.9 Å². The fourth-order valence-electron chi connectivity index (χ4n) is 2.41. The maximum atomic E-state index is 13.5. The first-order valence-electron chi connectivity index (χ1n) is 7.47. The zero-order valence-electron chi connectivity index (χ0n) is 12.3. The van der Waals surface area contributed by atoms with Crippen molar-refractivity contribution in [1.29, 1.82) is 0 Å². The molecule has 0 unspecified atom stereocenters. The second-order valence-electron chi connectivity index (χ2n) is 5.22. The number of carbonyl (C=O) groups is 1. The van der Waals surface area contributed by atoms with E-state index in [1.54, 1.807) is 4.90 Å². The smallest absolute Gasteiger partial charge is 0.322 e. The van der Waals surface area contributed by atoms with Gasteiger partial charge in [0, 0.05) is 25.9 Å². The van der Waals surface area contributed by atoms with Crippen molar-refractivity contribution in [2.75, 3.05) is 25.0 Å². The Morgan fingerprint density at radius 1 is 1.57 bits per heavy atom. The third-order valence-electron chi connectivity index (χ3n) is 3.49. The number of carbonyl (C=O) groups excluding carboxylic acids is 1. The molecular weight excluding hydrogens is 273 g/mol. The summed E-state index contributed by atoms with van der Waals surface area (Å²) in [7, 11) is 0. The van der Waals surface area contributed by atoms with E-state index in [9.17, 15) is 9.18 Å². The van der Waals surface area contributed by atoms with Crippen LogP contribution in [0.5, 0.6) is 0 Å². The molecule has 1 aliphatic rings. The summed E-state index contributed by atoms with van der Waals surface area (Å²) in [4.78, 5) is 17.7. The number of anilines is 1. The van der Waals surface area contributed by atoms with Gasteiger partial charge in [-0.2, -0.15) is 0 Å². The van der Waals surface area contributed by atoms with Gasteiger partial charge in [-0.1, -0.05) is 6.92 Å². The summed E-state index contributed by atoms with van der Waals surface area (Å²) in [6.07, 6.45) is 6.65. The minimum Gasteiger partial charge on any atom is -0.376 e. The van der Waals surface area contributed by atoms with E-state index in [-0.39, 0.29) is 17.8 Å². The van der Waals surface area contributed by atoms with Gasteiger partial charge in [0.05, 0.1) is 18.0 Å². The number of hydrogen-bond donors (Lipinski definition) is 1. The molecule has 116 valence electrons. The average molecular weight is 295 g/mol. The molecule has 1 aliphatic heterocycles. The Bertz CT molecular complexity index is 464. The van der Waals surface area contributed by atoms with Crippen LogP contribution in [0, 0.1) is 5.82 Å². The Hall–Kier alpha value is -1.69. The first kappa shape index (κ1) is 15.7. The molecule has 21 heavy (non-hydrogen) atoms. The normalized spacial score (nSPS) is 18.3. The number of nitrogens with zero attached hydrogens (tertiary/aromatic N) is 2. The maximum Gasteiger partial charge on any atom is 0.322 e. The molecule has 0 spiro atoms. The lowest BCUT2D eigenvalue weighted by Gasteiger charge is -2.30. The number of pyridine rings is 1. The lowest BCUT2D eigenvalue weighted by molar-refractivity contribution is 0.00161. The number of ether oxygens (including phenoxy) is 1. The van der Waals surface area contributed by atoms with Crippen LogP contribution in [0.15, 0.2) is 18.5 Å². The summed E-state index contributed by atoms with van der Waals surface area (Å²) >= 11 is 0. The van der Waals surface area contributed by atoms with Crippen LogP contribution < -0.4 is 5.32 Å². The maximum absolute atomic E-state index is 13.5. The van der Waals surface area contributed by atoms with E-state index in [0.29, 0.717) is 13.1 Å². The van der Waals surface area contributed by atoms with Crippen LogP contribution in [0.3, 0.4) is 0 Å². The largest absolute Gasteiger partial charge is 0.376 e. The number of nitrogens with one attached hydrogen (secondary N) is 1. The first-order valence-corrected chi connectivity index (χ1v) is 7.47. The van der Waals surface area contributed by atoms with Crippen molar-refractivity contribution in [3.8, 4) is 0 Å². The molecule has 0 saturated carbocycles. The molecule has 1 saturated heterocycles. The molecule has 2 heterocycles. The van der Waals surface area contributed by atoms with E-state index in [2.05, 4.69) is 10.3 Å². The highest BCUT2D eigenvalue weighted by Gasteiger charge is 2.21. The number of aromatic nitrogens is 1. The second-order valence-corrected chi connectivity index (χ2v) is 5.22. The molecule has 1 atom stereocenters. The summed E-state index contributed by atoms with van der Waals surface area (Å²) < 4.78 is 19.2. The minimum atomic E-state index is -0.531. The number of halogens is 1. The van der Waals surface area contributed by atoms with Crippen LogP contribution in [0.25, 0.3) is 0 Å². The summed E-state index contributed by atoms with van der Waals surface area (Å²) in [6.45, 7) is 3.94. The topological polar surface area (TPSA) is 54.5 Å². The third kappa shape index (κ3) is 4.67. The molecule has 0 bridgehead atoms. The van der Waals surface area contributed by atoms with Gasteiger partial charge in [0.2, 0.25) is 0 Å². The van der Waals surface area contributed by atoms with Gasteiger partial charge >= 0.3 is 6.03 Å². The van der Waals surface area contributed by atoms with Crippen molar-refractivity contribution in [2.45, 2.75) is 38.7 Å². The highest BCUT2D eigenvalue weighted by atomic mass is 19.1. The van der Waals surface area contributed by atoms with Crippen molar-refractivity contribution < 1.29 is 13.9 Å². The molecule has 1 fully saturated rings. The average Bonchev–Trinajstić information content (AvgIpc) is 2.50.